The largest absolute Gasteiger partial charge is 0.508 e. The molecule has 1 unspecified atom stereocenters. The number of phenolic OH excluding ortho intramolecular Hbond substituents is 3. The molecule has 1 saturated heterocycles. The van der Waals surface area contributed by atoms with Crippen LogP contribution in [-0.4, -0.2) is 217 Å². The molecule has 14 amide bonds. The molecule has 12 atom stereocenters. The molecule has 0 bridgehead atoms. The van der Waals surface area contributed by atoms with Crippen LogP contribution < -0.4 is 69.5 Å². The van der Waals surface area contributed by atoms with Gasteiger partial charge < -0.3 is 99.8 Å². The number of rotatable bonds is 21. The molecule has 1 fully saturated rings. The van der Waals surface area contributed by atoms with E-state index in [0.29, 0.717) is 44.3 Å². The van der Waals surface area contributed by atoms with Crippen LogP contribution in [0.25, 0.3) is 10.9 Å². The zero-order chi connectivity index (χ0) is 88.1. The minimum absolute atomic E-state index is 0.0443. The first-order valence-corrected chi connectivity index (χ1v) is 41.1. The summed E-state index contributed by atoms with van der Waals surface area (Å²) in [4.78, 5) is 210. The highest BCUT2D eigenvalue weighted by Crippen LogP contribution is 2.23. The number of aromatic nitrogens is 1. The topological polar surface area (TPSA) is 509 Å². The number of primary amides is 1. The fourth-order valence-electron chi connectivity index (χ4n) is 13.6. The lowest BCUT2D eigenvalue weighted by Crippen LogP contribution is -2.62. The molecule has 0 aliphatic carbocycles. The van der Waals surface area contributed by atoms with Crippen molar-refractivity contribution in [3.63, 3.8) is 0 Å². The van der Waals surface area contributed by atoms with Gasteiger partial charge in [0.2, 0.25) is 82.7 Å². The van der Waals surface area contributed by atoms with Crippen LogP contribution in [0.3, 0.4) is 0 Å². The molecule has 6 aromatic carbocycles. The molecule has 33 nitrogen and oxygen atoms in total. The number of amides is 14. The quantitative estimate of drug-likeness (QED) is 0.0482. The molecule has 1 aliphatic rings. The van der Waals surface area contributed by atoms with E-state index < -0.39 is 180 Å². The van der Waals surface area contributed by atoms with E-state index in [4.69, 9.17) is 5.73 Å². The Morgan fingerprint density at radius 3 is 1.34 bits per heavy atom. The van der Waals surface area contributed by atoms with E-state index in [1.807, 2.05) is 0 Å². The molecule has 34 heteroatoms. The van der Waals surface area contributed by atoms with Crippen molar-refractivity contribution in [1.82, 2.24) is 73.7 Å². The number of aromatic amines is 1. The van der Waals surface area contributed by atoms with E-state index in [0.717, 1.165) is 16.7 Å². The average Bonchev–Trinajstić information content (AvgIpc) is 1.75. The Morgan fingerprint density at radius 2 is 0.843 bits per heavy atom. The van der Waals surface area contributed by atoms with Crippen LogP contribution in [0.1, 0.15) is 94.7 Å². The van der Waals surface area contributed by atoms with Crippen molar-refractivity contribution >= 4 is 105 Å². The van der Waals surface area contributed by atoms with Crippen molar-refractivity contribution in [2.45, 2.75) is 172 Å². The van der Waals surface area contributed by atoms with E-state index in [2.05, 4.69) is 68.8 Å². The van der Waals surface area contributed by atoms with Crippen molar-refractivity contribution in [3.8, 4) is 17.2 Å². The van der Waals surface area contributed by atoms with Crippen LogP contribution in [0, 0.1) is 17.8 Å². The summed E-state index contributed by atoms with van der Waals surface area (Å²) < 4.78 is 0. The number of aliphatic hydroxyl groups excluding tert-OH is 1. The standard InChI is InChI=1S/C87H109N15O18S/c1-48(2)35-63-78(111)100-71(77(110)90-44-73(88)107)46-121-47-74(108)92-65(37-52-17-11-9-12-18-52)79(112)95-66(38-54-23-29-58(104)30-24-54)80(113)94-64(36-49(3)4)83(116)101-75(50(5)6)86(119)97-67(39-55-25-31-59(105)32-26-55)81(114)99-70(45-103)84(117)91-51(7)76(109)93-68(42-57-43-89-62-22-16-15-21-61(57)62)82(115)98-69(40-56-27-33-60(106)34-28-56)87(120)102(8)72(85(118)96-63)41-53-19-13-10-14-20-53/h9-34,43,48-51,63-72,75,89,103-106H,35-42,44-47H2,1-8H3,(H2,88,107)(H,90,110)(H,91,117)(H,92,108)(H,93,109)(H,94,113)(H,95,112)(H,96,118)(H,97,119)(H,98,115)(H,99,114)(H,100,111)(H,101,116)/t51-,63+,64+,65+,66+,67+,68+,69?,70+,71+,72+,75+/m1/s1. The van der Waals surface area contributed by atoms with Gasteiger partial charge in [-0.3, -0.25) is 67.1 Å². The molecular weight excluding hydrogens is 1580 g/mol. The van der Waals surface area contributed by atoms with E-state index in [9.17, 15) is 68.4 Å². The summed E-state index contributed by atoms with van der Waals surface area (Å²) in [6.45, 7) is 9.74. The molecule has 0 saturated carbocycles. The van der Waals surface area contributed by atoms with Gasteiger partial charge in [-0.05, 0) is 113 Å². The van der Waals surface area contributed by atoms with Crippen molar-refractivity contribution in [2.24, 2.45) is 23.5 Å². The van der Waals surface area contributed by atoms with Crippen molar-refractivity contribution in [2.75, 3.05) is 31.7 Å². The third kappa shape index (κ3) is 29.0. The number of nitrogens with zero attached hydrogens (tertiary/aromatic N) is 1. The lowest BCUT2D eigenvalue weighted by Gasteiger charge is -2.33. The predicted molar refractivity (Wildman–Crippen MR) is 452 cm³/mol. The SMILES string of the molecule is CC(C)C[C@@H]1NC(=O)[C@H](Cc2ccc(O)cc2)NC(=O)[C@H](Cc2ccccc2)NC(=O)CSC[C@@H](C(=O)NCC(N)=O)NC(=O)[C@H](CC(C)C)NC(=O)[C@H](Cc2ccccc2)N(C)C(=O)C(Cc2ccc(O)cc2)NC(=O)[C@H](Cc2c[nH]c3ccccc23)NC(=O)[C@@H](C)NC(=O)[C@H](CO)NC(=O)[C@H](Cc2ccc(O)cc2)NC(=O)[C@H](C(C)C)NC1=O. The zero-order valence-electron chi connectivity index (χ0n) is 68.7. The first-order valence-electron chi connectivity index (χ1n) is 39.9. The number of phenols is 3. The number of fused-ring (bicyclic) bond motifs is 1. The van der Waals surface area contributed by atoms with Gasteiger partial charge >= 0.3 is 0 Å². The average molecular weight is 1680 g/mol. The number of likely N-dealkylation sites (N-methyl/N-ethyl adjacent to an activating group) is 1. The number of thioether (sulfide) groups is 1. The van der Waals surface area contributed by atoms with Crippen LogP contribution in [0.4, 0.5) is 0 Å². The Balaban J connectivity index is 1.20. The third-order valence-corrected chi connectivity index (χ3v) is 21.2. The van der Waals surface area contributed by atoms with Crippen molar-refractivity contribution in [3.05, 3.63) is 197 Å². The maximum Gasteiger partial charge on any atom is 0.245 e. The van der Waals surface area contributed by atoms with E-state index in [1.165, 1.54) is 86.8 Å². The second-order valence-electron chi connectivity index (χ2n) is 31.2. The van der Waals surface area contributed by atoms with Gasteiger partial charge in [-0.2, -0.15) is 0 Å². The van der Waals surface area contributed by atoms with Crippen LogP contribution in [-0.2, 0) is 106 Å². The maximum atomic E-state index is 15.7. The number of hydrogen-bond acceptors (Lipinski definition) is 19. The first-order chi connectivity index (χ1) is 57.6. The summed E-state index contributed by atoms with van der Waals surface area (Å²) in [5.74, 6) is -15.6. The molecule has 0 spiro atoms. The summed E-state index contributed by atoms with van der Waals surface area (Å²) in [5, 5.41) is 74.4. The molecule has 646 valence electrons. The highest BCUT2D eigenvalue weighted by Gasteiger charge is 2.40. The highest BCUT2D eigenvalue weighted by molar-refractivity contribution is 8.00. The molecule has 19 N–H and O–H groups in total. The van der Waals surface area contributed by atoms with Crippen molar-refractivity contribution in [1.29, 1.82) is 0 Å². The first kappa shape index (κ1) is 93.6. The molecule has 2 heterocycles. The monoisotopic (exact) mass is 1680 g/mol. The van der Waals surface area contributed by atoms with Gasteiger partial charge in [-0.25, -0.2) is 0 Å². The zero-order valence-corrected chi connectivity index (χ0v) is 69.5. The molecule has 1 aromatic heterocycles. The number of para-hydroxylation sites is 1. The fraction of sp³-hybridized carbons (Fsp3) is 0.402. The summed E-state index contributed by atoms with van der Waals surface area (Å²) in [7, 11) is 1.32. The van der Waals surface area contributed by atoms with Gasteiger partial charge in [-0.1, -0.05) is 157 Å². The Morgan fingerprint density at radius 1 is 0.446 bits per heavy atom. The van der Waals surface area contributed by atoms with E-state index >= 15 is 19.2 Å². The number of aliphatic hydroxyl groups is 1. The number of carbonyl (C=O) groups excluding carboxylic acids is 14. The minimum Gasteiger partial charge on any atom is -0.508 e. The Hall–Kier alpha value is -12.9. The predicted octanol–water partition coefficient (Wildman–Crippen LogP) is 1.31. The number of aromatic hydroxyl groups is 3. The molecule has 0 radical (unpaired) electrons. The Bertz CT molecular complexity index is 4750. The highest BCUT2D eigenvalue weighted by atomic mass is 32.2. The van der Waals surface area contributed by atoms with Gasteiger partial charge in [0, 0.05) is 68.4 Å². The molecular formula is C87H109N15O18S. The van der Waals surface area contributed by atoms with Gasteiger partial charge in [0.1, 0.15) is 89.8 Å². The lowest BCUT2D eigenvalue weighted by molar-refractivity contribution is -0.143. The number of hydrogen-bond donors (Lipinski definition) is 18. The van der Waals surface area contributed by atoms with Gasteiger partial charge in [0.25, 0.3) is 0 Å². The second kappa shape index (κ2) is 45.4. The van der Waals surface area contributed by atoms with Gasteiger partial charge in [0.05, 0.1) is 18.9 Å². The fourth-order valence-corrected chi connectivity index (χ4v) is 14.5. The summed E-state index contributed by atoms with van der Waals surface area (Å²) >= 11 is 0.827. The van der Waals surface area contributed by atoms with E-state index in [-0.39, 0.29) is 86.2 Å². The summed E-state index contributed by atoms with van der Waals surface area (Å²) in [6, 6.07) is 22.6. The molecule has 7 aromatic rings. The van der Waals surface area contributed by atoms with Crippen LogP contribution in [0.5, 0.6) is 17.2 Å². The van der Waals surface area contributed by atoms with Gasteiger partial charge in [0.15, 0.2) is 0 Å². The van der Waals surface area contributed by atoms with Crippen LogP contribution in [0.15, 0.2) is 164 Å². The minimum atomic E-state index is -1.84. The maximum absolute atomic E-state index is 15.7. The number of benzene rings is 6. The molecule has 8 rings (SSSR count). The smallest absolute Gasteiger partial charge is 0.245 e. The van der Waals surface area contributed by atoms with Crippen molar-refractivity contribution < 1.29 is 87.5 Å². The Kier molecular flexibility index (Phi) is 35.1. The van der Waals surface area contributed by atoms with Gasteiger partial charge in [-0.15, -0.1) is 11.8 Å². The van der Waals surface area contributed by atoms with E-state index in [1.54, 1.807) is 133 Å². The molecule has 1 aliphatic heterocycles. The summed E-state index contributed by atoms with van der Waals surface area (Å²) in [5.41, 5.74) is 8.93. The van der Waals surface area contributed by atoms with Crippen LogP contribution >= 0.6 is 11.8 Å². The number of H-pyrrole nitrogens is 1. The second-order valence-corrected chi connectivity index (χ2v) is 32.3. The summed E-state index contributed by atoms with van der Waals surface area (Å²) in [6.07, 6.45) is 0.0531. The lowest BCUT2D eigenvalue weighted by atomic mass is 9.98. The normalized spacial score (nSPS) is 22.7. The number of nitrogens with two attached hydrogens (primary N) is 1. The molecule has 121 heavy (non-hydrogen) atoms. The Labute approximate surface area is 705 Å². The number of carbonyl (C=O) groups is 14. The number of nitrogens with one attached hydrogen (secondary N) is 13. The third-order valence-electron chi connectivity index (χ3n) is 20.1. The van der Waals surface area contributed by atoms with Crippen LogP contribution in [0.2, 0.25) is 0 Å².